The van der Waals surface area contributed by atoms with Crippen molar-refractivity contribution in [2.75, 3.05) is 11.9 Å². The highest BCUT2D eigenvalue weighted by Gasteiger charge is 2.18. The fraction of sp³-hybridized carbons (Fsp3) is 0.130. The number of anilines is 1. The van der Waals surface area contributed by atoms with E-state index in [1.54, 1.807) is 24.5 Å². The van der Waals surface area contributed by atoms with Crippen LogP contribution in [0.3, 0.4) is 0 Å². The third-order valence-corrected chi connectivity index (χ3v) is 4.81. The zero-order valence-corrected chi connectivity index (χ0v) is 17.1. The van der Waals surface area contributed by atoms with Crippen LogP contribution in [-0.2, 0) is 17.9 Å². The molecule has 0 aliphatic rings. The first kappa shape index (κ1) is 21.0. The summed E-state index contributed by atoms with van der Waals surface area (Å²) in [6.45, 7) is 1.01. The van der Waals surface area contributed by atoms with Gasteiger partial charge in [-0.3, -0.25) is 34.8 Å². The number of hydrogen-bond acceptors (Lipinski definition) is 7. The fourth-order valence-corrected chi connectivity index (χ4v) is 3.42. The largest absolute Gasteiger partial charge is 0.323 e. The summed E-state index contributed by atoms with van der Waals surface area (Å²) >= 11 is 0. The topological polar surface area (TPSA) is 114 Å². The van der Waals surface area contributed by atoms with Gasteiger partial charge in [0.2, 0.25) is 5.91 Å². The van der Waals surface area contributed by atoms with Crippen molar-refractivity contribution in [1.29, 1.82) is 0 Å². The maximum Gasteiger partial charge on any atom is 0.278 e. The van der Waals surface area contributed by atoms with E-state index in [0.717, 1.165) is 11.4 Å². The minimum atomic E-state index is -0.461. The van der Waals surface area contributed by atoms with Gasteiger partial charge >= 0.3 is 0 Å². The van der Waals surface area contributed by atoms with E-state index >= 15 is 0 Å². The van der Waals surface area contributed by atoms with Gasteiger partial charge in [0, 0.05) is 37.7 Å². The van der Waals surface area contributed by atoms with Crippen molar-refractivity contribution >= 4 is 28.2 Å². The third-order valence-electron chi connectivity index (χ3n) is 4.81. The summed E-state index contributed by atoms with van der Waals surface area (Å²) < 4.78 is 0. The van der Waals surface area contributed by atoms with Crippen molar-refractivity contribution in [1.82, 2.24) is 19.9 Å². The van der Waals surface area contributed by atoms with Crippen LogP contribution in [0.2, 0.25) is 0 Å². The molecule has 0 saturated heterocycles. The minimum Gasteiger partial charge on any atom is -0.323 e. The van der Waals surface area contributed by atoms with Gasteiger partial charge in [0.15, 0.2) is 0 Å². The number of non-ortho nitro benzene ring substituents is 1. The highest BCUT2D eigenvalue weighted by molar-refractivity contribution is 6.03. The maximum absolute atomic E-state index is 12.9. The normalized spacial score (nSPS) is 10.9. The molecular weight excluding hydrogens is 408 g/mol. The lowest BCUT2D eigenvalue weighted by molar-refractivity contribution is -0.383. The average molecular weight is 428 g/mol. The molecule has 1 amide bonds. The lowest BCUT2D eigenvalue weighted by Gasteiger charge is -2.21. The average Bonchev–Trinajstić information content (AvgIpc) is 2.80. The number of nitro benzene ring substituents is 1. The van der Waals surface area contributed by atoms with E-state index in [2.05, 4.69) is 20.3 Å². The molecule has 0 unspecified atom stereocenters. The number of rotatable bonds is 8. The van der Waals surface area contributed by atoms with E-state index in [4.69, 9.17) is 0 Å². The van der Waals surface area contributed by atoms with Gasteiger partial charge in [-0.1, -0.05) is 12.1 Å². The summed E-state index contributed by atoms with van der Waals surface area (Å²) in [7, 11) is 0. The Labute approximate surface area is 183 Å². The molecule has 9 nitrogen and oxygen atoms in total. The van der Waals surface area contributed by atoms with E-state index in [1.165, 1.54) is 18.3 Å². The number of nitrogens with one attached hydrogen (secondary N) is 1. The number of aromatic nitrogens is 3. The van der Waals surface area contributed by atoms with E-state index < -0.39 is 4.92 Å². The second kappa shape index (κ2) is 9.71. The summed E-state index contributed by atoms with van der Waals surface area (Å²) in [5.74, 6) is -0.266. The van der Waals surface area contributed by atoms with Crippen molar-refractivity contribution in [2.45, 2.75) is 13.1 Å². The smallest absolute Gasteiger partial charge is 0.278 e. The Morgan fingerprint density at radius 1 is 0.875 bits per heavy atom. The van der Waals surface area contributed by atoms with Crippen molar-refractivity contribution < 1.29 is 9.72 Å². The summed E-state index contributed by atoms with van der Waals surface area (Å²) in [5.41, 5.74) is 2.40. The number of carbonyl (C=O) groups is 1. The molecule has 160 valence electrons. The Kier molecular flexibility index (Phi) is 6.38. The van der Waals surface area contributed by atoms with Crippen molar-refractivity contribution in [3.63, 3.8) is 0 Å². The molecule has 0 aliphatic heterocycles. The summed E-state index contributed by atoms with van der Waals surface area (Å²) in [6, 6.07) is 17.4. The highest BCUT2D eigenvalue weighted by Crippen LogP contribution is 2.29. The lowest BCUT2D eigenvalue weighted by Crippen LogP contribution is -2.33. The molecule has 0 atom stereocenters. The summed E-state index contributed by atoms with van der Waals surface area (Å²) in [5, 5.41) is 14.5. The second-order valence-electron chi connectivity index (χ2n) is 7.12. The molecule has 32 heavy (non-hydrogen) atoms. The SMILES string of the molecule is O=C(CN(Cc1ccccn1)Cc1ccccn1)Nc1ccc([N+](=O)[O-])c2cccnc12. The van der Waals surface area contributed by atoms with Crippen LogP contribution >= 0.6 is 0 Å². The van der Waals surface area contributed by atoms with E-state index in [1.807, 2.05) is 41.3 Å². The van der Waals surface area contributed by atoms with E-state index in [9.17, 15) is 14.9 Å². The quantitative estimate of drug-likeness (QED) is 0.337. The Hall–Kier alpha value is -4.24. The molecule has 0 fully saturated rings. The number of amides is 1. The zero-order valence-electron chi connectivity index (χ0n) is 17.1. The van der Waals surface area contributed by atoms with Crippen molar-refractivity contribution in [2.24, 2.45) is 0 Å². The molecular formula is C23H20N6O3. The molecule has 0 aliphatic carbocycles. The Morgan fingerprint density at radius 2 is 1.53 bits per heavy atom. The van der Waals surface area contributed by atoms with Gasteiger partial charge in [-0.25, -0.2) is 0 Å². The van der Waals surface area contributed by atoms with Gasteiger partial charge in [-0.05, 0) is 42.5 Å². The van der Waals surface area contributed by atoms with Crippen LogP contribution in [0.25, 0.3) is 10.9 Å². The monoisotopic (exact) mass is 428 g/mol. The predicted octanol–water partition coefficient (Wildman–Crippen LogP) is 3.57. The van der Waals surface area contributed by atoms with Crippen LogP contribution in [0, 0.1) is 10.1 Å². The second-order valence-corrected chi connectivity index (χ2v) is 7.12. The van der Waals surface area contributed by atoms with Crippen LogP contribution in [0.1, 0.15) is 11.4 Å². The standard InChI is InChI=1S/C23H20N6O3/c30-22(27-20-9-10-21(29(31)32)19-8-5-13-26-23(19)20)16-28(14-17-6-1-3-11-24-17)15-18-7-2-4-12-25-18/h1-13H,14-16H2,(H,27,30). The highest BCUT2D eigenvalue weighted by atomic mass is 16.6. The molecule has 0 radical (unpaired) electrons. The molecule has 3 heterocycles. The third kappa shape index (κ3) is 5.08. The maximum atomic E-state index is 12.9. The fourth-order valence-electron chi connectivity index (χ4n) is 3.42. The number of fused-ring (bicyclic) bond motifs is 1. The number of hydrogen-bond donors (Lipinski definition) is 1. The van der Waals surface area contributed by atoms with Crippen LogP contribution in [0.15, 0.2) is 79.3 Å². The number of benzene rings is 1. The van der Waals surface area contributed by atoms with Crippen molar-refractivity contribution in [3.8, 4) is 0 Å². The van der Waals surface area contributed by atoms with Gasteiger partial charge < -0.3 is 5.32 Å². The molecule has 3 aromatic heterocycles. The van der Waals surface area contributed by atoms with Gasteiger partial charge in [-0.2, -0.15) is 0 Å². The Bertz CT molecular complexity index is 1190. The summed E-state index contributed by atoms with van der Waals surface area (Å²) in [6.07, 6.45) is 4.96. The Balaban J connectivity index is 1.54. The minimum absolute atomic E-state index is 0.0574. The van der Waals surface area contributed by atoms with E-state index in [0.29, 0.717) is 29.7 Å². The number of carbonyl (C=O) groups excluding carboxylic acids is 1. The molecule has 1 N–H and O–H groups in total. The Morgan fingerprint density at radius 3 is 2.12 bits per heavy atom. The zero-order chi connectivity index (χ0) is 22.3. The molecule has 9 heteroatoms. The summed E-state index contributed by atoms with van der Waals surface area (Å²) in [4.78, 5) is 38.6. The molecule has 1 aromatic carbocycles. The molecule has 4 rings (SSSR count). The van der Waals surface area contributed by atoms with Crippen molar-refractivity contribution in [3.05, 3.63) is 101 Å². The van der Waals surface area contributed by atoms with Crippen LogP contribution in [0.5, 0.6) is 0 Å². The first-order valence-corrected chi connectivity index (χ1v) is 9.94. The van der Waals surface area contributed by atoms with Gasteiger partial charge in [0.05, 0.1) is 33.9 Å². The number of pyridine rings is 3. The first-order valence-electron chi connectivity index (χ1n) is 9.94. The number of nitro groups is 1. The first-order chi connectivity index (χ1) is 15.6. The van der Waals surface area contributed by atoms with Gasteiger partial charge in [-0.15, -0.1) is 0 Å². The molecule has 4 aromatic rings. The molecule has 0 saturated carbocycles. The number of nitrogens with zero attached hydrogens (tertiary/aromatic N) is 5. The molecule has 0 bridgehead atoms. The van der Waals surface area contributed by atoms with Crippen LogP contribution in [-0.4, -0.2) is 37.2 Å². The predicted molar refractivity (Wildman–Crippen MR) is 120 cm³/mol. The van der Waals surface area contributed by atoms with E-state index in [-0.39, 0.29) is 18.1 Å². The van der Waals surface area contributed by atoms with Gasteiger partial charge in [0.25, 0.3) is 5.69 Å². The van der Waals surface area contributed by atoms with Crippen LogP contribution < -0.4 is 5.32 Å². The van der Waals surface area contributed by atoms with Gasteiger partial charge in [0.1, 0.15) is 5.52 Å². The lowest BCUT2D eigenvalue weighted by atomic mass is 10.1. The van der Waals surface area contributed by atoms with Crippen LogP contribution in [0.4, 0.5) is 11.4 Å². The molecule has 0 spiro atoms.